The summed E-state index contributed by atoms with van der Waals surface area (Å²) in [5.41, 5.74) is 1.97. The van der Waals surface area contributed by atoms with Crippen LogP contribution in [0.5, 0.6) is 0 Å². The third-order valence-electron chi connectivity index (χ3n) is 4.56. The minimum absolute atomic E-state index is 0.0611. The van der Waals surface area contributed by atoms with E-state index in [9.17, 15) is 4.79 Å². The second kappa shape index (κ2) is 9.16. The van der Waals surface area contributed by atoms with Gasteiger partial charge in [0.25, 0.3) is 5.91 Å². The number of hydrogen-bond acceptors (Lipinski definition) is 4. The highest BCUT2D eigenvalue weighted by Crippen LogP contribution is 2.14. The standard InChI is InChI=1S/C19H31N3O2/c1-5-24-12-11-22-10-9-21(14-16(22)2)15-17-7-6-8-18(13-17)19(23)20(3)4/h6-8,13,16H,5,9-12,14-15H2,1-4H3/t16-/m1/s1. The van der Waals surface area contributed by atoms with Crippen molar-refractivity contribution in [3.63, 3.8) is 0 Å². The Balaban J connectivity index is 1.89. The fraction of sp³-hybridized carbons (Fsp3) is 0.632. The normalized spacial score (nSPS) is 19.4. The Morgan fingerprint density at radius 2 is 2.12 bits per heavy atom. The summed E-state index contributed by atoms with van der Waals surface area (Å²) in [6.07, 6.45) is 0. The maximum absolute atomic E-state index is 12.1. The summed E-state index contributed by atoms with van der Waals surface area (Å²) in [6.45, 7) is 11.0. The van der Waals surface area contributed by atoms with Crippen LogP contribution < -0.4 is 0 Å². The van der Waals surface area contributed by atoms with Gasteiger partial charge in [0, 0.05) is 65.0 Å². The lowest BCUT2D eigenvalue weighted by Gasteiger charge is -2.39. The van der Waals surface area contributed by atoms with E-state index in [0.717, 1.165) is 51.5 Å². The number of carbonyl (C=O) groups is 1. The van der Waals surface area contributed by atoms with E-state index in [1.165, 1.54) is 5.56 Å². The van der Waals surface area contributed by atoms with E-state index in [4.69, 9.17) is 4.74 Å². The molecule has 5 heteroatoms. The lowest BCUT2D eigenvalue weighted by Crippen LogP contribution is -2.52. The van der Waals surface area contributed by atoms with Crippen LogP contribution in [0.25, 0.3) is 0 Å². The predicted molar refractivity (Wildman–Crippen MR) is 97.3 cm³/mol. The Bertz CT molecular complexity index is 533. The van der Waals surface area contributed by atoms with Crippen molar-refractivity contribution in [2.24, 2.45) is 0 Å². The number of nitrogens with zero attached hydrogens (tertiary/aromatic N) is 3. The Kier molecular flexibility index (Phi) is 7.21. The minimum Gasteiger partial charge on any atom is -0.380 e. The van der Waals surface area contributed by atoms with Crippen molar-refractivity contribution >= 4 is 5.91 Å². The van der Waals surface area contributed by atoms with Gasteiger partial charge in [0.15, 0.2) is 0 Å². The van der Waals surface area contributed by atoms with Gasteiger partial charge in [0.05, 0.1) is 6.61 Å². The third-order valence-corrected chi connectivity index (χ3v) is 4.56. The van der Waals surface area contributed by atoms with E-state index >= 15 is 0 Å². The van der Waals surface area contributed by atoms with E-state index in [1.807, 2.05) is 25.1 Å². The number of rotatable bonds is 7. The van der Waals surface area contributed by atoms with Crippen LogP contribution >= 0.6 is 0 Å². The zero-order valence-electron chi connectivity index (χ0n) is 15.5. The molecule has 2 rings (SSSR count). The first-order valence-corrected chi connectivity index (χ1v) is 8.86. The maximum atomic E-state index is 12.1. The lowest BCUT2D eigenvalue weighted by molar-refractivity contribution is 0.0466. The molecule has 1 saturated heterocycles. The molecule has 134 valence electrons. The molecule has 24 heavy (non-hydrogen) atoms. The Morgan fingerprint density at radius 1 is 1.33 bits per heavy atom. The second-order valence-electron chi connectivity index (χ2n) is 6.72. The molecule has 1 aromatic carbocycles. The molecule has 1 aromatic rings. The number of piperazine rings is 1. The van der Waals surface area contributed by atoms with Gasteiger partial charge in [-0.25, -0.2) is 0 Å². The average molecular weight is 333 g/mol. The van der Waals surface area contributed by atoms with Crippen LogP contribution in [0.3, 0.4) is 0 Å². The third kappa shape index (κ3) is 5.30. The van der Waals surface area contributed by atoms with E-state index < -0.39 is 0 Å². The summed E-state index contributed by atoms with van der Waals surface area (Å²) in [6, 6.07) is 8.53. The van der Waals surface area contributed by atoms with Crippen LogP contribution in [0.2, 0.25) is 0 Å². The molecule has 0 N–H and O–H groups in total. The van der Waals surface area contributed by atoms with E-state index in [1.54, 1.807) is 19.0 Å². The number of ether oxygens (including phenoxy) is 1. The van der Waals surface area contributed by atoms with Crippen molar-refractivity contribution < 1.29 is 9.53 Å². The fourth-order valence-corrected chi connectivity index (χ4v) is 3.19. The van der Waals surface area contributed by atoms with E-state index in [2.05, 4.69) is 22.8 Å². The summed E-state index contributed by atoms with van der Waals surface area (Å²) in [7, 11) is 3.58. The Labute approximate surface area is 146 Å². The molecule has 1 heterocycles. The second-order valence-corrected chi connectivity index (χ2v) is 6.72. The highest BCUT2D eigenvalue weighted by atomic mass is 16.5. The lowest BCUT2D eigenvalue weighted by atomic mass is 10.1. The van der Waals surface area contributed by atoms with Crippen molar-refractivity contribution in [3.05, 3.63) is 35.4 Å². The topological polar surface area (TPSA) is 36.0 Å². The van der Waals surface area contributed by atoms with Gasteiger partial charge in [-0.05, 0) is 31.5 Å². The van der Waals surface area contributed by atoms with Crippen LogP contribution in [0, 0.1) is 0 Å². The SMILES string of the molecule is CCOCCN1CCN(Cc2cccc(C(=O)N(C)C)c2)C[C@H]1C. The number of benzene rings is 1. The maximum Gasteiger partial charge on any atom is 0.253 e. The van der Waals surface area contributed by atoms with Crippen molar-refractivity contribution in [2.75, 3.05) is 53.5 Å². The first-order chi connectivity index (χ1) is 11.5. The molecule has 0 saturated carbocycles. The van der Waals surface area contributed by atoms with E-state index in [-0.39, 0.29) is 5.91 Å². The molecule has 0 aliphatic carbocycles. The molecule has 0 spiro atoms. The molecule has 5 nitrogen and oxygen atoms in total. The van der Waals surface area contributed by atoms with Crippen LogP contribution in [-0.2, 0) is 11.3 Å². The Morgan fingerprint density at radius 3 is 2.79 bits per heavy atom. The molecule has 1 aliphatic rings. The van der Waals surface area contributed by atoms with Crippen molar-refractivity contribution in [3.8, 4) is 0 Å². The van der Waals surface area contributed by atoms with Crippen LogP contribution in [0.15, 0.2) is 24.3 Å². The van der Waals surface area contributed by atoms with Gasteiger partial charge in [-0.2, -0.15) is 0 Å². The van der Waals surface area contributed by atoms with Gasteiger partial charge in [0.2, 0.25) is 0 Å². The monoisotopic (exact) mass is 333 g/mol. The number of amides is 1. The van der Waals surface area contributed by atoms with Gasteiger partial charge < -0.3 is 9.64 Å². The summed E-state index contributed by atoms with van der Waals surface area (Å²) >= 11 is 0. The molecular formula is C19H31N3O2. The smallest absolute Gasteiger partial charge is 0.253 e. The molecule has 1 fully saturated rings. The molecule has 0 unspecified atom stereocenters. The highest BCUT2D eigenvalue weighted by molar-refractivity contribution is 5.94. The quantitative estimate of drug-likeness (QED) is 0.715. The molecule has 0 aromatic heterocycles. The fourth-order valence-electron chi connectivity index (χ4n) is 3.19. The van der Waals surface area contributed by atoms with E-state index in [0.29, 0.717) is 6.04 Å². The van der Waals surface area contributed by atoms with Crippen molar-refractivity contribution in [1.29, 1.82) is 0 Å². The summed E-state index contributed by atoms with van der Waals surface area (Å²) in [4.78, 5) is 18.7. The summed E-state index contributed by atoms with van der Waals surface area (Å²) < 4.78 is 5.47. The minimum atomic E-state index is 0.0611. The predicted octanol–water partition coefficient (Wildman–Crippen LogP) is 1.93. The van der Waals surface area contributed by atoms with Crippen LogP contribution in [-0.4, -0.2) is 80.1 Å². The average Bonchev–Trinajstić information content (AvgIpc) is 2.56. The van der Waals surface area contributed by atoms with Crippen molar-refractivity contribution in [1.82, 2.24) is 14.7 Å². The molecule has 0 bridgehead atoms. The molecular weight excluding hydrogens is 302 g/mol. The van der Waals surface area contributed by atoms with Gasteiger partial charge in [-0.3, -0.25) is 14.6 Å². The van der Waals surface area contributed by atoms with Crippen LogP contribution in [0.1, 0.15) is 29.8 Å². The largest absolute Gasteiger partial charge is 0.380 e. The zero-order chi connectivity index (χ0) is 17.5. The zero-order valence-corrected chi connectivity index (χ0v) is 15.5. The van der Waals surface area contributed by atoms with Gasteiger partial charge >= 0.3 is 0 Å². The molecule has 1 amide bonds. The van der Waals surface area contributed by atoms with Crippen LogP contribution in [0.4, 0.5) is 0 Å². The van der Waals surface area contributed by atoms with Crippen molar-refractivity contribution in [2.45, 2.75) is 26.4 Å². The molecule has 1 aliphatic heterocycles. The number of carbonyl (C=O) groups excluding carboxylic acids is 1. The highest BCUT2D eigenvalue weighted by Gasteiger charge is 2.23. The Hall–Kier alpha value is -1.43. The first-order valence-electron chi connectivity index (χ1n) is 8.86. The molecule has 0 radical (unpaired) electrons. The van der Waals surface area contributed by atoms with Gasteiger partial charge in [-0.1, -0.05) is 12.1 Å². The summed E-state index contributed by atoms with van der Waals surface area (Å²) in [5.74, 6) is 0.0611. The van der Waals surface area contributed by atoms with Gasteiger partial charge in [0.1, 0.15) is 0 Å². The summed E-state index contributed by atoms with van der Waals surface area (Å²) in [5, 5.41) is 0. The van der Waals surface area contributed by atoms with Gasteiger partial charge in [-0.15, -0.1) is 0 Å². The molecule has 1 atom stereocenters. The first kappa shape index (κ1) is 18.9. The number of hydrogen-bond donors (Lipinski definition) is 0.